The zero-order valence-electron chi connectivity index (χ0n) is 32.1. The van der Waals surface area contributed by atoms with Crippen LogP contribution in [-0.4, -0.2) is 59.5 Å². The number of unbranched alkanes of at least 4 members (excludes halogenated alkanes) is 4. The maximum Gasteiger partial charge on any atom is 0.255 e. The van der Waals surface area contributed by atoms with E-state index in [1.807, 2.05) is 55.5 Å². The molecule has 0 aromatic heterocycles. The summed E-state index contributed by atoms with van der Waals surface area (Å²) in [6.45, 7) is 1.94. The van der Waals surface area contributed by atoms with Crippen LogP contribution in [0.5, 0.6) is 23.0 Å². The van der Waals surface area contributed by atoms with Gasteiger partial charge in [0.25, 0.3) is 5.91 Å². The number of carbonyl (C=O) groups excluding carboxylic acids is 1. The van der Waals surface area contributed by atoms with Crippen LogP contribution in [0.1, 0.15) is 106 Å². The van der Waals surface area contributed by atoms with Crippen molar-refractivity contribution in [2.75, 3.05) is 32.8 Å². The summed E-state index contributed by atoms with van der Waals surface area (Å²) in [5, 5.41) is 50.1. The van der Waals surface area contributed by atoms with Crippen molar-refractivity contribution in [3.05, 3.63) is 111 Å². The van der Waals surface area contributed by atoms with Gasteiger partial charge in [0, 0.05) is 28.8 Å². The van der Waals surface area contributed by atoms with Crippen LogP contribution in [0.4, 0.5) is 5.69 Å². The van der Waals surface area contributed by atoms with E-state index in [1.165, 1.54) is 0 Å². The van der Waals surface area contributed by atoms with Crippen molar-refractivity contribution < 1.29 is 49.0 Å². The predicted octanol–water partition coefficient (Wildman–Crippen LogP) is 6.11. The van der Waals surface area contributed by atoms with Gasteiger partial charge in [-0.25, -0.2) is 0 Å². The molecule has 6 rings (SSSR count). The minimum atomic E-state index is -0.417. The molecule has 4 aromatic carbocycles. The average molecular weight is 770 g/mol. The van der Waals surface area contributed by atoms with Gasteiger partial charge in [-0.2, -0.15) is 0 Å². The number of rotatable bonds is 19. The van der Waals surface area contributed by atoms with E-state index >= 15 is 0 Å². The molecule has 56 heavy (non-hydrogen) atoms. The van der Waals surface area contributed by atoms with Crippen LogP contribution in [0.3, 0.4) is 0 Å². The summed E-state index contributed by atoms with van der Waals surface area (Å²) in [4.78, 5) is 18.5. The summed E-state index contributed by atoms with van der Waals surface area (Å²) < 4.78 is 23.6. The Morgan fingerprint density at radius 2 is 1.38 bits per heavy atom. The molecule has 0 spiro atoms. The summed E-state index contributed by atoms with van der Waals surface area (Å²) >= 11 is 0. The van der Waals surface area contributed by atoms with Gasteiger partial charge in [0.15, 0.2) is 17.6 Å². The lowest BCUT2D eigenvalue weighted by Crippen LogP contribution is -2.38. The van der Waals surface area contributed by atoms with Crippen molar-refractivity contribution in [1.29, 1.82) is 0 Å². The van der Waals surface area contributed by atoms with Crippen LogP contribution < -0.4 is 29.6 Å². The number of carbonyl (C=O) groups is 1. The van der Waals surface area contributed by atoms with Gasteiger partial charge < -0.3 is 54.8 Å². The normalized spacial score (nSPS) is 16.0. The van der Waals surface area contributed by atoms with Crippen LogP contribution >= 0.6 is 0 Å². The standard InChI is InChI=1S/C43H51N3O10/c1-26-9-11-35-33(15-26)43(51)45-42(44-35)27-10-12-37(32(16-27)24-49)54-13-7-5-4-6-8-14-55-41-39(52-2)19-29(20-40(41)53-3)38-21-36(46-56-38)28-17-30(22-47)34(25-50)31(18-28)23-48/h9-12,15-20,38,42,44,47-50H,4-8,13-14,21-25H2,1-3H3,(H,45,51). The molecule has 298 valence electrons. The molecule has 0 bridgehead atoms. The van der Waals surface area contributed by atoms with Crippen molar-refractivity contribution in [3.8, 4) is 23.0 Å². The van der Waals surface area contributed by atoms with Crippen LogP contribution in [0, 0.1) is 6.92 Å². The summed E-state index contributed by atoms with van der Waals surface area (Å²) in [7, 11) is 3.15. The van der Waals surface area contributed by atoms with Crippen LogP contribution in [-0.2, 0) is 31.3 Å². The first-order valence-electron chi connectivity index (χ1n) is 18.9. The third-order valence-corrected chi connectivity index (χ3v) is 10.2. The Bertz CT molecular complexity index is 1980. The SMILES string of the molecule is COc1cc(C2CC(c3cc(CO)c(CO)c(CO)c3)=NO2)cc(OC)c1OCCCCCCCOc1ccc(C2NC(=O)c3cc(C)ccc3N2)cc1CO. The van der Waals surface area contributed by atoms with Crippen molar-refractivity contribution in [3.63, 3.8) is 0 Å². The number of amides is 1. The third-order valence-electron chi connectivity index (χ3n) is 10.2. The number of aryl methyl sites for hydroxylation is 1. The zero-order valence-corrected chi connectivity index (χ0v) is 32.1. The number of methoxy groups -OCH3 is 2. The van der Waals surface area contributed by atoms with Crippen molar-refractivity contribution in [2.24, 2.45) is 5.16 Å². The fourth-order valence-electron chi connectivity index (χ4n) is 7.08. The number of anilines is 1. The predicted molar refractivity (Wildman–Crippen MR) is 210 cm³/mol. The van der Waals surface area contributed by atoms with Gasteiger partial charge in [0.2, 0.25) is 5.75 Å². The monoisotopic (exact) mass is 769 g/mol. The van der Waals surface area contributed by atoms with Gasteiger partial charge in [-0.3, -0.25) is 4.79 Å². The first kappa shape index (κ1) is 40.3. The van der Waals surface area contributed by atoms with Gasteiger partial charge in [-0.15, -0.1) is 0 Å². The Hall–Kier alpha value is -5.34. The van der Waals surface area contributed by atoms with E-state index < -0.39 is 12.3 Å². The second-order valence-corrected chi connectivity index (χ2v) is 13.9. The summed E-state index contributed by atoms with van der Waals surface area (Å²) in [6, 6.07) is 18.6. The topological polar surface area (TPSA) is 181 Å². The van der Waals surface area contributed by atoms with E-state index in [2.05, 4.69) is 15.8 Å². The van der Waals surface area contributed by atoms with Crippen LogP contribution in [0.2, 0.25) is 0 Å². The maximum atomic E-state index is 12.7. The second kappa shape index (κ2) is 19.0. The molecule has 2 atom stereocenters. The molecule has 2 unspecified atom stereocenters. The fraction of sp³-hybridized carbons (Fsp3) is 0.395. The van der Waals surface area contributed by atoms with E-state index in [1.54, 1.807) is 26.4 Å². The molecule has 2 heterocycles. The Kier molecular flexibility index (Phi) is 13.7. The quantitative estimate of drug-likeness (QED) is 0.0606. The third kappa shape index (κ3) is 9.19. The lowest BCUT2D eigenvalue weighted by Gasteiger charge is -2.29. The zero-order chi connectivity index (χ0) is 39.6. The Morgan fingerprint density at radius 3 is 2.02 bits per heavy atom. The molecule has 0 aliphatic carbocycles. The minimum Gasteiger partial charge on any atom is -0.493 e. The molecule has 13 heteroatoms. The summed E-state index contributed by atoms with van der Waals surface area (Å²) in [5.74, 6) is 2.04. The number of oxime groups is 1. The Morgan fingerprint density at radius 1 is 0.714 bits per heavy atom. The number of fused-ring (bicyclic) bond motifs is 1. The first-order chi connectivity index (χ1) is 27.3. The van der Waals surface area contributed by atoms with E-state index in [-0.39, 0.29) is 32.3 Å². The molecule has 4 aromatic rings. The number of hydrogen-bond acceptors (Lipinski definition) is 12. The molecule has 0 saturated heterocycles. The van der Waals surface area contributed by atoms with Crippen LogP contribution in [0.25, 0.3) is 0 Å². The highest BCUT2D eigenvalue weighted by molar-refractivity contribution is 6.02. The highest BCUT2D eigenvalue weighted by Gasteiger charge is 2.28. The summed E-state index contributed by atoms with van der Waals surface area (Å²) in [5.41, 5.74) is 7.64. The smallest absolute Gasteiger partial charge is 0.255 e. The highest BCUT2D eigenvalue weighted by atomic mass is 16.6. The maximum absolute atomic E-state index is 12.7. The number of aliphatic hydroxyl groups excluding tert-OH is 4. The van der Waals surface area contributed by atoms with Crippen molar-refractivity contribution in [1.82, 2.24) is 5.32 Å². The molecule has 0 radical (unpaired) electrons. The average Bonchev–Trinajstić information content (AvgIpc) is 3.73. The largest absolute Gasteiger partial charge is 0.493 e. The van der Waals surface area contributed by atoms with Crippen molar-refractivity contribution >= 4 is 17.3 Å². The molecule has 0 saturated carbocycles. The molecule has 1 amide bonds. The lowest BCUT2D eigenvalue weighted by molar-refractivity contribution is 0.0852. The van der Waals surface area contributed by atoms with E-state index in [4.69, 9.17) is 23.8 Å². The van der Waals surface area contributed by atoms with Gasteiger partial charge >= 0.3 is 0 Å². The molecular formula is C43H51N3O10. The minimum absolute atomic E-state index is 0.137. The van der Waals surface area contributed by atoms with Crippen molar-refractivity contribution in [2.45, 2.75) is 84.1 Å². The number of nitrogens with one attached hydrogen (secondary N) is 2. The van der Waals surface area contributed by atoms with E-state index in [0.29, 0.717) is 81.7 Å². The first-order valence-corrected chi connectivity index (χ1v) is 18.9. The van der Waals surface area contributed by atoms with Gasteiger partial charge in [0.1, 0.15) is 11.9 Å². The fourth-order valence-corrected chi connectivity index (χ4v) is 7.08. The number of benzene rings is 4. The highest BCUT2D eigenvalue weighted by Crippen LogP contribution is 2.43. The Labute approximate surface area is 326 Å². The second-order valence-electron chi connectivity index (χ2n) is 13.9. The molecule has 2 aliphatic rings. The van der Waals surface area contributed by atoms with Gasteiger partial charge in [0.05, 0.1) is 65.1 Å². The Balaban J connectivity index is 0.940. The number of aliphatic hydroxyl groups is 4. The molecule has 13 nitrogen and oxygen atoms in total. The number of nitrogens with zero attached hydrogens (tertiary/aromatic N) is 1. The molecule has 2 aliphatic heterocycles. The number of hydrogen-bond donors (Lipinski definition) is 6. The van der Waals surface area contributed by atoms with Gasteiger partial charge in [-0.05, 0) is 90.6 Å². The van der Waals surface area contributed by atoms with Crippen LogP contribution in [0.15, 0.2) is 65.8 Å². The molecule has 0 fully saturated rings. The van der Waals surface area contributed by atoms with E-state index in [0.717, 1.165) is 54.5 Å². The lowest BCUT2D eigenvalue weighted by atomic mass is 9.93. The van der Waals surface area contributed by atoms with E-state index in [9.17, 15) is 25.2 Å². The van der Waals surface area contributed by atoms with Gasteiger partial charge in [-0.1, -0.05) is 42.1 Å². The molecule has 6 N–H and O–H groups in total. The number of ether oxygens (including phenoxy) is 4. The molecular weight excluding hydrogens is 718 g/mol. The summed E-state index contributed by atoms with van der Waals surface area (Å²) in [6.07, 6.45) is 4.26.